The van der Waals surface area contributed by atoms with Crippen LogP contribution in [0.2, 0.25) is 5.02 Å². The molecule has 0 amide bonds. The van der Waals surface area contributed by atoms with Gasteiger partial charge in [0.1, 0.15) is 0 Å². The first-order valence-electron chi connectivity index (χ1n) is 6.25. The van der Waals surface area contributed by atoms with E-state index in [1.165, 1.54) is 12.8 Å². The second kappa shape index (κ2) is 5.69. The van der Waals surface area contributed by atoms with Crippen molar-refractivity contribution in [3.8, 4) is 0 Å². The van der Waals surface area contributed by atoms with E-state index in [1.807, 2.05) is 6.07 Å². The summed E-state index contributed by atoms with van der Waals surface area (Å²) in [5, 5.41) is 14.3. The van der Waals surface area contributed by atoms with Crippen LogP contribution in [0.1, 0.15) is 38.5 Å². The number of nitrogens with zero attached hydrogens (tertiary/aromatic N) is 1. The molecule has 1 aliphatic rings. The first-order valence-corrected chi connectivity index (χ1v) is 6.63. The molecule has 0 bridgehead atoms. The molecule has 0 radical (unpaired) electrons. The summed E-state index contributed by atoms with van der Waals surface area (Å²) in [4.78, 5) is 3.94. The van der Waals surface area contributed by atoms with E-state index in [-0.39, 0.29) is 0 Å². The average molecular weight is 255 g/mol. The van der Waals surface area contributed by atoms with Crippen LogP contribution in [0.15, 0.2) is 18.5 Å². The van der Waals surface area contributed by atoms with E-state index >= 15 is 0 Å². The van der Waals surface area contributed by atoms with E-state index < -0.39 is 5.60 Å². The highest BCUT2D eigenvalue weighted by Gasteiger charge is 2.27. The summed E-state index contributed by atoms with van der Waals surface area (Å²) in [6.07, 6.45) is 9.76. The summed E-state index contributed by atoms with van der Waals surface area (Å²) in [7, 11) is 0. The van der Waals surface area contributed by atoms with Gasteiger partial charge in [-0.15, -0.1) is 0 Å². The van der Waals surface area contributed by atoms with Crippen molar-refractivity contribution >= 4 is 17.3 Å². The number of hydrogen-bond donors (Lipinski definition) is 2. The Bertz CT molecular complexity index is 362. The monoisotopic (exact) mass is 254 g/mol. The van der Waals surface area contributed by atoms with Crippen molar-refractivity contribution in [2.45, 2.75) is 44.1 Å². The summed E-state index contributed by atoms with van der Waals surface area (Å²) in [5.74, 6) is 0. The zero-order valence-electron chi connectivity index (χ0n) is 9.95. The SMILES string of the molecule is OC1(CNc2ccncc2Cl)CCCCCC1. The van der Waals surface area contributed by atoms with Crippen LogP contribution in [0.3, 0.4) is 0 Å². The summed E-state index contributed by atoms with van der Waals surface area (Å²) in [5.41, 5.74) is 0.266. The molecule has 1 saturated carbocycles. The predicted octanol–water partition coefficient (Wildman–Crippen LogP) is 3.23. The Morgan fingerprint density at radius 2 is 2.00 bits per heavy atom. The van der Waals surface area contributed by atoms with Crippen LogP contribution in [0.5, 0.6) is 0 Å². The Kier molecular flexibility index (Phi) is 4.24. The van der Waals surface area contributed by atoms with Gasteiger partial charge in [-0.2, -0.15) is 0 Å². The van der Waals surface area contributed by atoms with Crippen LogP contribution in [-0.2, 0) is 0 Å². The zero-order chi connectivity index (χ0) is 12.1. The average Bonchev–Trinajstić information content (AvgIpc) is 2.54. The van der Waals surface area contributed by atoms with Crippen LogP contribution in [0.4, 0.5) is 5.69 Å². The minimum Gasteiger partial charge on any atom is -0.388 e. The van der Waals surface area contributed by atoms with Crippen LogP contribution < -0.4 is 5.32 Å². The first-order chi connectivity index (χ1) is 8.20. The third-order valence-corrected chi connectivity index (χ3v) is 3.72. The number of aliphatic hydroxyl groups is 1. The number of aromatic nitrogens is 1. The number of anilines is 1. The molecule has 1 aliphatic carbocycles. The third-order valence-electron chi connectivity index (χ3n) is 3.41. The van der Waals surface area contributed by atoms with E-state index in [0.717, 1.165) is 31.4 Å². The lowest BCUT2D eigenvalue weighted by atomic mass is 9.94. The molecule has 0 saturated heterocycles. The molecule has 2 rings (SSSR count). The highest BCUT2D eigenvalue weighted by atomic mass is 35.5. The quantitative estimate of drug-likeness (QED) is 0.814. The van der Waals surface area contributed by atoms with E-state index in [0.29, 0.717) is 11.6 Å². The molecule has 94 valence electrons. The van der Waals surface area contributed by atoms with Gasteiger partial charge in [0.15, 0.2) is 0 Å². The van der Waals surface area contributed by atoms with Crippen molar-refractivity contribution in [1.82, 2.24) is 4.98 Å². The van der Waals surface area contributed by atoms with E-state index in [2.05, 4.69) is 10.3 Å². The summed E-state index contributed by atoms with van der Waals surface area (Å²) in [6.45, 7) is 0.566. The lowest BCUT2D eigenvalue weighted by Crippen LogP contribution is -2.36. The molecular formula is C13H19ClN2O. The maximum absolute atomic E-state index is 10.5. The molecular weight excluding hydrogens is 236 g/mol. The molecule has 0 aliphatic heterocycles. The van der Waals surface area contributed by atoms with Crippen molar-refractivity contribution < 1.29 is 5.11 Å². The van der Waals surface area contributed by atoms with Gasteiger partial charge >= 0.3 is 0 Å². The smallest absolute Gasteiger partial charge is 0.0820 e. The normalized spacial score (nSPS) is 19.6. The van der Waals surface area contributed by atoms with E-state index in [9.17, 15) is 5.11 Å². The van der Waals surface area contributed by atoms with Crippen LogP contribution >= 0.6 is 11.6 Å². The van der Waals surface area contributed by atoms with Gasteiger partial charge in [-0.1, -0.05) is 37.3 Å². The van der Waals surface area contributed by atoms with Crippen LogP contribution in [0, 0.1) is 0 Å². The standard InChI is InChI=1S/C13H19ClN2O/c14-11-9-15-8-5-12(11)16-10-13(17)6-3-1-2-4-7-13/h5,8-9,17H,1-4,6-7,10H2,(H,15,16). The number of halogens is 1. The van der Waals surface area contributed by atoms with Gasteiger partial charge in [0.05, 0.1) is 16.3 Å². The molecule has 0 spiro atoms. The Morgan fingerprint density at radius 3 is 2.65 bits per heavy atom. The van der Waals surface area contributed by atoms with Crippen molar-refractivity contribution in [1.29, 1.82) is 0 Å². The number of rotatable bonds is 3. The molecule has 0 unspecified atom stereocenters. The molecule has 4 heteroatoms. The summed E-state index contributed by atoms with van der Waals surface area (Å²) < 4.78 is 0. The fourth-order valence-electron chi connectivity index (χ4n) is 2.34. The van der Waals surface area contributed by atoms with Crippen molar-refractivity contribution in [2.24, 2.45) is 0 Å². The second-order valence-corrected chi connectivity index (χ2v) is 5.25. The van der Waals surface area contributed by atoms with E-state index in [1.54, 1.807) is 12.4 Å². The summed E-state index contributed by atoms with van der Waals surface area (Å²) >= 11 is 6.01. The minimum absolute atomic E-state index is 0.566. The van der Waals surface area contributed by atoms with Crippen LogP contribution in [0.25, 0.3) is 0 Å². The van der Waals surface area contributed by atoms with Gasteiger partial charge in [-0.25, -0.2) is 0 Å². The molecule has 1 fully saturated rings. The Balaban J connectivity index is 1.94. The largest absolute Gasteiger partial charge is 0.388 e. The summed E-state index contributed by atoms with van der Waals surface area (Å²) in [6, 6.07) is 1.84. The third kappa shape index (κ3) is 3.58. The Labute approximate surface area is 107 Å². The fraction of sp³-hybridized carbons (Fsp3) is 0.615. The Hall–Kier alpha value is -0.800. The van der Waals surface area contributed by atoms with E-state index in [4.69, 9.17) is 11.6 Å². The van der Waals surface area contributed by atoms with Gasteiger partial charge in [-0.05, 0) is 18.9 Å². The maximum atomic E-state index is 10.5. The van der Waals surface area contributed by atoms with Crippen molar-refractivity contribution in [3.05, 3.63) is 23.5 Å². The number of hydrogen-bond acceptors (Lipinski definition) is 3. The molecule has 1 aromatic heterocycles. The lowest BCUT2D eigenvalue weighted by Gasteiger charge is -2.27. The molecule has 1 aromatic rings. The number of nitrogens with one attached hydrogen (secondary N) is 1. The molecule has 2 N–H and O–H groups in total. The van der Waals surface area contributed by atoms with Gasteiger partial charge in [0, 0.05) is 18.9 Å². The minimum atomic E-state index is -0.580. The molecule has 0 atom stereocenters. The predicted molar refractivity (Wildman–Crippen MR) is 70.4 cm³/mol. The van der Waals surface area contributed by atoms with Crippen LogP contribution in [-0.4, -0.2) is 22.2 Å². The maximum Gasteiger partial charge on any atom is 0.0820 e. The molecule has 17 heavy (non-hydrogen) atoms. The molecule has 0 aromatic carbocycles. The highest BCUT2D eigenvalue weighted by Crippen LogP contribution is 2.28. The second-order valence-electron chi connectivity index (χ2n) is 4.85. The zero-order valence-corrected chi connectivity index (χ0v) is 10.7. The fourth-order valence-corrected chi connectivity index (χ4v) is 2.53. The Morgan fingerprint density at radius 1 is 1.29 bits per heavy atom. The topological polar surface area (TPSA) is 45.1 Å². The highest BCUT2D eigenvalue weighted by molar-refractivity contribution is 6.33. The lowest BCUT2D eigenvalue weighted by molar-refractivity contribution is 0.0381. The molecule has 1 heterocycles. The van der Waals surface area contributed by atoms with Gasteiger partial charge in [0.2, 0.25) is 0 Å². The molecule has 3 nitrogen and oxygen atoms in total. The van der Waals surface area contributed by atoms with Gasteiger partial charge < -0.3 is 10.4 Å². The van der Waals surface area contributed by atoms with Gasteiger partial charge in [-0.3, -0.25) is 4.98 Å². The van der Waals surface area contributed by atoms with Crippen molar-refractivity contribution in [2.75, 3.05) is 11.9 Å². The van der Waals surface area contributed by atoms with Crippen molar-refractivity contribution in [3.63, 3.8) is 0 Å². The van der Waals surface area contributed by atoms with Gasteiger partial charge in [0.25, 0.3) is 0 Å². The first kappa shape index (κ1) is 12.7. The number of pyridine rings is 1.